The highest BCUT2D eigenvalue weighted by molar-refractivity contribution is 5.95. The lowest BCUT2D eigenvalue weighted by atomic mass is 10.1. The summed E-state index contributed by atoms with van der Waals surface area (Å²) in [6.45, 7) is 4.19. The molecular formula is C16H18N6O. The quantitative estimate of drug-likeness (QED) is 0.795. The number of likely N-dealkylation sites (N-methyl/N-ethyl adjacent to an activating group) is 1. The number of carbonyl (C=O) groups is 1. The molecule has 7 nitrogen and oxygen atoms in total. The van der Waals surface area contributed by atoms with E-state index in [1.54, 1.807) is 35.1 Å². The molecular weight excluding hydrogens is 292 g/mol. The van der Waals surface area contributed by atoms with Crippen LogP contribution in [0.15, 0.2) is 36.9 Å². The maximum atomic E-state index is 12.3. The van der Waals surface area contributed by atoms with Crippen molar-refractivity contribution in [1.29, 1.82) is 0 Å². The Balaban J connectivity index is 1.75. The van der Waals surface area contributed by atoms with Crippen molar-refractivity contribution in [2.75, 3.05) is 23.8 Å². The first-order chi connectivity index (χ1) is 11.1. The van der Waals surface area contributed by atoms with E-state index in [1.165, 1.54) is 0 Å². The fourth-order valence-corrected chi connectivity index (χ4v) is 2.38. The van der Waals surface area contributed by atoms with Gasteiger partial charge in [-0.15, -0.1) is 10.2 Å². The predicted octanol–water partition coefficient (Wildman–Crippen LogP) is 1.82. The first kappa shape index (κ1) is 15.0. The van der Waals surface area contributed by atoms with Crippen LogP contribution in [0.5, 0.6) is 0 Å². The van der Waals surface area contributed by atoms with Crippen LogP contribution in [-0.4, -0.2) is 39.1 Å². The van der Waals surface area contributed by atoms with Crippen molar-refractivity contribution in [2.45, 2.75) is 13.8 Å². The Kier molecular flexibility index (Phi) is 3.92. The third-order valence-corrected chi connectivity index (χ3v) is 3.82. The highest BCUT2D eigenvalue weighted by Crippen LogP contribution is 2.18. The third kappa shape index (κ3) is 2.98. The molecule has 118 valence electrons. The highest BCUT2D eigenvalue weighted by Gasteiger charge is 2.14. The number of hydrogen-bond donors (Lipinski definition) is 1. The number of rotatable bonds is 4. The normalized spacial score (nSPS) is 10.7. The number of amides is 1. The minimum atomic E-state index is -0.107. The molecule has 0 fully saturated rings. The van der Waals surface area contributed by atoms with Gasteiger partial charge in [0.05, 0.1) is 6.54 Å². The van der Waals surface area contributed by atoms with Gasteiger partial charge in [-0.05, 0) is 31.0 Å². The van der Waals surface area contributed by atoms with Crippen LogP contribution >= 0.6 is 0 Å². The molecule has 1 N–H and O–H groups in total. The van der Waals surface area contributed by atoms with E-state index in [1.807, 2.05) is 32.0 Å². The van der Waals surface area contributed by atoms with Crippen molar-refractivity contribution in [2.24, 2.45) is 0 Å². The third-order valence-electron chi connectivity index (χ3n) is 3.82. The molecule has 0 aliphatic heterocycles. The van der Waals surface area contributed by atoms with Crippen molar-refractivity contribution < 1.29 is 4.79 Å². The van der Waals surface area contributed by atoms with Crippen LogP contribution in [0.25, 0.3) is 5.65 Å². The summed E-state index contributed by atoms with van der Waals surface area (Å²) in [7, 11) is 1.81. The topological polar surface area (TPSA) is 75.4 Å². The summed E-state index contributed by atoms with van der Waals surface area (Å²) in [5, 5.41) is 10.8. The van der Waals surface area contributed by atoms with Crippen molar-refractivity contribution in [3.63, 3.8) is 0 Å². The number of anilines is 2. The average Bonchev–Trinajstić information content (AvgIpc) is 3.00. The van der Waals surface area contributed by atoms with Gasteiger partial charge < -0.3 is 10.2 Å². The second-order valence-electron chi connectivity index (χ2n) is 5.46. The Hall–Kier alpha value is -2.96. The second-order valence-corrected chi connectivity index (χ2v) is 5.46. The summed E-state index contributed by atoms with van der Waals surface area (Å²) in [6, 6.07) is 5.85. The number of hydrogen-bond acceptors (Lipinski definition) is 5. The molecule has 2 aromatic heterocycles. The second kappa shape index (κ2) is 6.04. The van der Waals surface area contributed by atoms with Gasteiger partial charge >= 0.3 is 0 Å². The summed E-state index contributed by atoms with van der Waals surface area (Å²) in [6.07, 6.45) is 5.03. The maximum absolute atomic E-state index is 12.3. The molecule has 3 aromatic rings. The minimum Gasteiger partial charge on any atom is -0.347 e. The molecule has 0 aliphatic rings. The van der Waals surface area contributed by atoms with Gasteiger partial charge in [-0.25, -0.2) is 4.98 Å². The van der Waals surface area contributed by atoms with E-state index in [0.29, 0.717) is 11.5 Å². The van der Waals surface area contributed by atoms with E-state index < -0.39 is 0 Å². The molecule has 7 heteroatoms. The van der Waals surface area contributed by atoms with E-state index in [0.717, 1.165) is 16.8 Å². The van der Waals surface area contributed by atoms with Crippen molar-refractivity contribution >= 4 is 23.1 Å². The fourth-order valence-electron chi connectivity index (χ4n) is 2.38. The summed E-state index contributed by atoms with van der Waals surface area (Å²) < 4.78 is 1.77. The number of nitrogens with zero attached hydrogens (tertiary/aromatic N) is 5. The predicted molar refractivity (Wildman–Crippen MR) is 88.6 cm³/mol. The number of benzene rings is 1. The van der Waals surface area contributed by atoms with E-state index in [4.69, 9.17) is 0 Å². The van der Waals surface area contributed by atoms with Crippen molar-refractivity contribution in [3.8, 4) is 0 Å². The largest absolute Gasteiger partial charge is 0.347 e. The maximum Gasteiger partial charge on any atom is 0.243 e. The van der Waals surface area contributed by atoms with Crippen molar-refractivity contribution in [1.82, 2.24) is 19.6 Å². The van der Waals surface area contributed by atoms with Gasteiger partial charge in [0.1, 0.15) is 6.33 Å². The molecule has 0 bridgehead atoms. The van der Waals surface area contributed by atoms with Crippen LogP contribution in [0.3, 0.4) is 0 Å². The molecule has 1 amide bonds. The number of nitrogens with one attached hydrogen (secondary N) is 1. The lowest BCUT2D eigenvalue weighted by Gasteiger charge is -2.18. The molecule has 0 radical (unpaired) electrons. The summed E-state index contributed by atoms with van der Waals surface area (Å²) in [5.41, 5.74) is 3.67. The Morgan fingerprint density at radius 1 is 1.35 bits per heavy atom. The molecule has 1 aromatic carbocycles. The van der Waals surface area contributed by atoms with Crippen LogP contribution in [0.1, 0.15) is 11.1 Å². The molecule has 23 heavy (non-hydrogen) atoms. The first-order valence-electron chi connectivity index (χ1n) is 7.28. The summed E-state index contributed by atoms with van der Waals surface area (Å²) in [5.74, 6) is 0.505. The van der Waals surface area contributed by atoms with Gasteiger partial charge in [-0.3, -0.25) is 9.20 Å². The zero-order valence-electron chi connectivity index (χ0n) is 13.3. The zero-order chi connectivity index (χ0) is 16.4. The van der Waals surface area contributed by atoms with Gasteiger partial charge in [-0.2, -0.15) is 0 Å². The molecule has 2 heterocycles. The molecule has 0 aliphatic carbocycles. The molecule has 0 spiro atoms. The van der Waals surface area contributed by atoms with Crippen LogP contribution in [-0.2, 0) is 4.79 Å². The van der Waals surface area contributed by atoms with Gasteiger partial charge in [0.25, 0.3) is 0 Å². The van der Waals surface area contributed by atoms with Gasteiger partial charge in [0, 0.05) is 25.1 Å². The Bertz CT molecular complexity index is 857. The molecule has 0 saturated carbocycles. The zero-order valence-corrected chi connectivity index (χ0v) is 13.3. The standard InChI is InChI=1S/C16H18N6O/c1-11-5-4-6-13(12(11)2)19-14(23)9-21(3)15-16-20-18-10-22(16)8-7-17-15/h4-8,10H,9H2,1-3H3,(H,19,23). The van der Waals surface area contributed by atoms with Crippen molar-refractivity contribution in [3.05, 3.63) is 48.0 Å². The molecule has 3 rings (SSSR count). The lowest BCUT2D eigenvalue weighted by Crippen LogP contribution is -2.31. The SMILES string of the molecule is Cc1cccc(NC(=O)CN(C)c2nccn3cnnc23)c1C. The van der Waals surface area contributed by atoms with Crippen LogP contribution in [0, 0.1) is 13.8 Å². The van der Waals surface area contributed by atoms with Crippen LogP contribution in [0.2, 0.25) is 0 Å². The highest BCUT2D eigenvalue weighted by atomic mass is 16.2. The minimum absolute atomic E-state index is 0.107. The first-order valence-corrected chi connectivity index (χ1v) is 7.28. The summed E-state index contributed by atoms with van der Waals surface area (Å²) >= 11 is 0. The smallest absolute Gasteiger partial charge is 0.243 e. The molecule has 0 saturated heterocycles. The van der Waals surface area contributed by atoms with Gasteiger partial charge in [0.15, 0.2) is 5.82 Å². The number of carbonyl (C=O) groups excluding carboxylic acids is 1. The fraction of sp³-hybridized carbons (Fsp3) is 0.250. The van der Waals surface area contributed by atoms with Crippen LogP contribution < -0.4 is 10.2 Å². The number of aryl methyl sites for hydroxylation is 1. The van der Waals surface area contributed by atoms with E-state index >= 15 is 0 Å². The van der Waals surface area contributed by atoms with Gasteiger partial charge in [0.2, 0.25) is 11.6 Å². The van der Waals surface area contributed by atoms with E-state index in [2.05, 4.69) is 20.5 Å². The average molecular weight is 310 g/mol. The Morgan fingerprint density at radius 3 is 3.00 bits per heavy atom. The monoisotopic (exact) mass is 310 g/mol. The van der Waals surface area contributed by atoms with E-state index in [-0.39, 0.29) is 12.5 Å². The molecule has 0 unspecified atom stereocenters. The lowest BCUT2D eigenvalue weighted by molar-refractivity contribution is -0.114. The van der Waals surface area contributed by atoms with Gasteiger partial charge in [-0.1, -0.05) is 12.1 Å². The molecule has 0 atom stereocenters. The van der Waals surface area contributed by atoms with E-state index in [9.17, 15) is 4.79 Å². The number of fused-ring (bicyclic) bond motifs is 1. The Morgan fingerprint density at radius 2 is 2.17 bits per heavy atom. The Labute approximate surface area is 134 Å². The summed E-state index contributed by atoms with van der Waals surface area (Å²) in [4.78, 5) is 18.4. The number of aromatic nitrogens is 4. The van der Waals surface area contributed by atoms with Crippen LogP contribution in [0.4, 0.5) is 11.5 Å².